The number of carbonyl (C=O) groups excluding carboxylic acids is 1. The first-order valence-electron chi connectivity index (χ1n) is 9.57. The highest BCUT2D eigenvalue weighted by molar-refractivity contribution is 7.92. The minimum absolute atomic E-state index is 0.120. The lowest BCUT2D eigenvalue weighted by Gasteiger charge is -2.35. The first-order valence-corrected chi connectivity index (χ1v) is 11.0. The molecule has 0 aliphatic carbocycles. The van der Waals surface area contributed by atoms with E-state index in [0.29, 0.717) is 17.1 Å². The minimum atomic E-state index is -3.87. The van der Waals surface area contributed by atoms with Crippen LogP contribution in [-0.2, 0) is 14.8 Å². The third kappa shape index (κ3) is 3.89. The molecule has 0 spiro atoms. The van der Waals surface area contributed by atoms with Gasteiger partial charge in [-0.3, -0.25) is 9.10 Å². The number of hydrogen-bond acceptors (Lipinski definition) is 4. The summed E-state index contributed by atoms with van der Waals surface area (Å²) in [6, 6.07) is 20.9. The van der Waals surface area contributed by atoms with Gasteiger partial charge in [0.1, 0.15) is 5.75 Å². The maximum absolute atomic E-state index is 13.4. The predicted octanol–water partition coefficient (Wildman–Crippen LogP) is 3.90. The van der Waals surface area contributed by atoms with Gasteiger partial charge in [0, 0.05) is 5.69 Å². The number of anilines is 2. The van der Waals surface area contributed by atoms with Crippen molar-refractivity contribution in [1.82, 2.24) is 0 Å². The highest BCUT2D eigenvalue weighted by Gasteiger charge is 2.37. The Bertz CT molecular complexity index is 1180. The van der Waals surface area contributed by atoms with Gasteiger partial charge in [0.25, 0.3) is 15.9 Å². The van der Waals surface area contributed by atoms with Crippen molar-refractivity contribution in [2.75, 3.05) is 16.2 Å². The van der Waals surface area contributed by atoms with E-state index in [-0.39, 0.29) is 11.4 Å². The number of nitrogens with zero attached hydrogens (tertiary/aromatic N) is 1. The van der Waals surface area contributed by atoms with Crippen molar-refractivity contribution in [1.29, 1.82) is 0 Å². The molecule has 154 valence electrons. The molecule has 0 aromatic heterocycles. The predicted molar refractivity (Wildman–Crippen MR) is 116 cm³/mol. The molecule has 3 aromatic rings. The quantitative estimate of drug-likeness (QED) is 0.692. The number of rotatable bonds is 4. The van der Waals surface area contributed by atoms with Crippen LogP contribution >= 0.6 is 0 Å². The molecule has 4 rings (SSSR count). The van der Waals surface area contributed by atoms with Gasteiger partial charge in [0.2, 0.25) is 0 Å². The average Bonchev–Trinajstić information content (AvgIpc) is 2.73. The minimum Gasteiger partial charge on any atom is -0.476 e. The number of amides is 1. The van der Waals surface area contributed by atoms with Gasteiger partial charge in [-0.25, -0.2) is 8.42 Å². The monoisotopic (exact) mass is 422 g/mol. The Kier molecular flexibility index (Phi) is 5.22. The second-order valence-electron chi connectivity index (χ2n) is 7.28. The zero-order valence-electron chi connectivity index (χ0n) is 16.7. The van der Waals surface area contributed by atoms with Gasteiger partial charge in [-0.1, -0.05) is 42.0 Å². The molecule has 0 bridgehead atoms. The topological polar surface area (TPSA) is 75.7 Å². The van der Waals surface area contributed by atoms with Gasteiger partial charge in [0.15, 0.2) is 6.10 Å². The summed E-state index contributed by atoms with van der Waals surface area (Å²) in [5.41, 5.74) is 2.91. The van der Waals surface area contributed by atoms with E-state index < -0.39 is 22.0 Å². The molecule has 1 heterocycles. The fraction of sp³-hybridized carbons (Fsp3) is 0.174. The Balaban J connectivity index is 1.70. The van der Waals surface area contributed by atoms with Crippen molar-refractivity contribution >= 4 is 27.3 Å². The summed E-state index contributed by atoms with van der Waals surface area (Å²) < 4.78 is 34.0. The highest BCUT2D eigenvalue weighted by Crippen LogP contribution is 2.38. The molecule has 1 amide bonds. The summed E-state index contributed by atoms with van der Waals surface area (Å²) in [4.78, 5) is 13.0. The normalized spacial score (nSPS) is 15.8. The van der Waals surface area contributed by atoms with Crippen molar-refractivity contribution < 1.29 is 17.9 Å². The molecule has 7 heteroatoms. The molecular weight excluding hydrogens is 400 g/mol. The summed E-state index contributed by atoms with van der Waals surface area (Å²) in [6.45, 7) is 3.66. The standard InChI is InChI=1S/C23H22N2O4S/c1-16-8-11-19(12-9-16)30(27,28)25-15-22(23(26)24-18-6-4-3-5-7-18)29-21-14-17(2)10-13-20(21)25/h3-14,22H,15H2,1-2H3,(H,24,26). The Morgan fingerprint density at radius 1 is 0.967 bits per heavy atom. The van der Waals surface area contributed by atoms with Crippen molar-refractivity contribution in [2.24, 2.45) is 0 Å². The van der Waals surface area contributed by atoms with E-state index in [2.05, 4.69) is 5.32 Å². The second-order valence-corrected chi connectivity index (χ2v) is 9.14. The second kappa shape index (κ2) is 7.84. The van der Waals surface area contributed by atoms with Crippen molar-refractivity contribution in [3.63, 3.8) is 0 Å². The maximum Gasteiger partial charge on any atom is 0.267 e. The van der Waals surface area contributed by atoms with Gasteiger partial charge < -0.3 is 10.1 Å². The summed E-state index contributed by atoms with van der Waals surface area (Å²) in [6.07, 6.45) is -0.986. The number of para-hydroxylation sites is 1. The van der Waals surface area contributed by atoms with Crippen LogP contribution in [-0.4, -0.2) is 27.0 Å². The SMILES string of the molecule is Cc1ccc(S(=O)(=O)N2CC(C(=O)Nc3ccccc3)Oc3cc(C)ccc32)cc1. The number of aryl methyl sites for hydroxylation is 2. The molecule has 3 aromatic carbocycles. The van der Waals surface area contributed by atoms with Gasteiger partial charge in [0.05, 0.1) is 17.1 Å². The van der Waals surface area contributed by atoms with Crippen molar-refractivity contribution in [2.45, 2.75) is 24.8 Å². The van der Waals surface area contributed by atoms with Crippen molar-refractivity contribution in [3.05, 3.63) is 83.9 Å². The molecule has 0 saturated carbocycles. The van der Waals surface area contributed by atoms with Crippen LogP contribution in [0, 0.1) is 13.8 Å². The number of ether oxygens (including phenoxy) is 1. The van der Waals surface area contributed by atoms with E-state index in [4.69, 9.17) is 4.74 Å². The molecular formula is C23H22N2O4S. The highest BCUT2D eigenvalue weighted by atomic mass is 32.2. The molecule has 1 N–H and O–H groups in total. The first-order chi connectivity index (χ1) is 14.3. The van der Waals surface area contributed by atoms with Gasteiger partial charge in [-0.05, 0) is 55.8 Å². The molecule has 1 aliphatic heterocycles. The number of nitrogens with one attached hydrogen (secondary N) is 1. The summed E-state index contributed by atoms with van der Waals surface area (Å²) in [5.74, 6) is -0.0392. The van der Waals surface area contributed by atoms with Crippen LogP contribution in [0.2, 0.25) is 0 Å². The largest absolute Gasteiger partial charge is 0.476 e. The fourth-order valence-corrected chi connectivity index (χ4v) is 4.78. The molecule has 1 aliphatic rings. The van der Waals surface area contributed by atoms with Crippen molar-refractivity contribution in [3.8, 4) is 5.75 Å². The number of hydrogen-bond donors (Lipinski definition) is 1. The van der Waals surface area contributed by atoms with E-state index >= 15 is 0 Å². The molecule has 30 heavy (non-hydrogen) atoms. The Morgan fingerprint density at radius 3 is 2.33 bits per heavy atom. The summed E-state index contributed by atoms with van der Waals surface area (Å²) >= 11 is 0. The Labute approximate surface area is 176 Å². The maximum atomic E-state index is 13.4. The van der Waals surface area contributed by atoms with Crippen LogP contribution in [0.15, 0.2) is 77.7 Å². The Morgan fingerprint density at radius 2 is 1.63 bits per heavy atom. The van der Waals surface area contributed by atoms with Crippen LogP contribution in [0.25, 0.3) is 0 Å². The third-order valence-corrected chi connectivity index (χ3v) is 6.72. The van der Waals surface area contributed by atoms with E-state index in [1.165, 1.54) is 4.31 Å². The first kappa shape index (κ1) is 20.0. The van der Waals surface area contributed by atoms with E-state index in [1.54, 1.807) is 48.5 Å². The van der Waals surface area contributed by atoms with Gasteiger partial charge in [-0.2, -0.15) is 0 Å². The lowest BCUT2D eigenvalue weighted by atomic mass is 10.1. The van der Waals surface area contributed by atoms with E-state index in [0.717, 1.165) is 11.1 Å². The lowest BCUT2D eigenvalue weighted by Crippen LogP contribution is -2.48. The molecule has 1 atom stereocenters. The smallest absolute Gasteiger partial charge is 0.267 e. The molecule has 0 fully saturated rings. The molecule has 0 saturated heterocycles. The van der Waals surface area contributed by atoms with Crippen LogP contribution in [0.4, 0.5) is 11.4 Å². The number of carbonyl (C=O) groups is 1. The Hall–Kier alpha value is -3.32. The van der Waals surface area contributed by atoms with E-state index in [9.17, 15) is 13.2 Å². The molecule has 6 nitrogen and oxygen atoms in total. The average molecular weight is 423 g/mol. The summed E-state index contributed by atoms with van der Waals surface area (Å²) in [7, 11) is -3.87. The van der Waals surface area contributed by atoms with Crippen LogP contribution < -0.4 is 14.4 Å². The van der Waals surface area contributed by atoms with Crippen LogP contribution in [0.1, 0.15) is 11.1 Å². The zero-order chi connectivity index (χ0) is 21.3. The number of fused-ring (bicyclic) bond motifs is 1. The van der Waals surface area contributed by atoms with Crippen LogP contribution in [0.3, 0.4) is 0 Å². The number of benzene rings is 3. The number of sulfonamides is 1. The fourth-order valence-electron chi connectivity index (χ4n) is 3.31. The third-order valence-electron chi connectivity index (χ3n) is 4.93. The van der Waals surface area contributed by atoms with Crippen LogP contribution in [0.5, 0.6) is 5.75 Å². The molecule has 1 unspecified atom stereocenters. The van der Waals surface area contributed by atoms with Gasteiger partial charge in [-0.15, -0.1) is 0 Å². The van der Waals surface area contributed by atoms with E-state index in [1.807, 2.05) is 38.1 Å². The lowest BCUT2D eigenvalue weighted by molar-refractivity contribution is -0.122. The van der Waals surface area contributed by atoms with Gasteiger partial charge >= 0.3 is 0 Å². The zero-order valence-corrected chi connectivity index (χ0v) is 17.5. The summed E-state index contributed by atoms with van der Waals surface area (Å²) in [5, 5.41) is 2.79. The molecule has 0 radical (unpaired) electrons.